The molecule has 1 aromatic carbocycles. The summed E-state index contributed by atoms with van der Waals surface area (Å²) in [5, 5.41) is 0. The maximum absolute atomic E-state index is 6.85. The number of hydrogen-bond donors (Lipinski definition) is 0. The Morgan fingerprint density at radius 2 is 1.26 bits per heavy atom. The van der Waals surface area contributed by atoms with E-state index >= 15 is 0 Å². The zero-order valence-electron chi connectivity index (χ0n) is 16.4. The van der Waals surface area contributed by atoms with Crippen LogP contribution >= 0.6 is 0 Å². The molecule has 0 heterocycles. The van der Waals surface area contributed by atoms with Crippen molar-refractivity contribution in [3.05, 3.63) is 41.6 Å². The predicted octanol–water partition coefficient (Wildman–Crippen LogP) is 5.80. The van der Waals surface area contributed by atoms with Gasteiger partial charge < -0.3 is 8.23 Å². The first kappa shape index (κ1) is 20.8. The Kier molecular flexibility index (Phi) is 6.62. The van der Waals surface area contributed by atoms with Crippen LogP contribution in [0.3, 0.4) is 0 Å². The maximum Gasteiger partial charge on any atom is 0.341 e. The van der Waals surface area contributed by atoms with Gasteiger partial charge in [-0.1, -0.05) is 56.0 Å². The molecule has 130 valence electrons. The third-order valence-corrected chi connectivity index (χ3v) is 28.0. The van der Waals surface area contributed by atoms with Crippen LogP contribution in [-0.2, 0) is 8.23 Å². The molecule has 0 saturated carbocycles. The molecule has 1 aromatic rings. The first-order valence-electron chi connectivity index (χ1n) is 8.39. The fourth-order valence-corrected chi connectivity index (χ4v) is 18.5. The van der Waals surface area contributed by atoms with Crippen molar-refractivity contribution in [2.45, 2.75) is 58.9 Å². The molecule has 0 fully saturated rings. The maximum atomic E-state index is 6.85. The number of rotatable bonds is 7. The summed E-state index contributed by atoms with van der Waals surface area (Å²) in [6, 6.07) is 10.4. The Labute approximate surface area is 147 Å². The Bertz CT molecular complexity index is 530. The van der Waals surface area contributed by atoms with Crippen LogP contribution in [-0.4, -0.2) is 32.3 Å². The van der Waals surface area contributed by atoms with Gasteiger partial charge in [-0.3, -0.25) is 0 Å². The van der Waals surface area contributed by atoms with Crippen molar-refractivity contribution >= 4 is 38.4 Å². The van der Waals surface area contributed by atoms with E-state index in [-0.39, 0.29) is 0 Å². The molecule has 23 heavy (non-hydrogen) atoms. The van der Waals surface area contributed by atoms with Crippen LogP contribution in [0.1, 0.15) is 5.56 Å². The SMILES string of the molecule is C[Si](C)(C)O[Si](C)(C=Cc1ccccc1)O[Si](C)(C)[Si](C)(C)C. The molecular weight excluding hydrogens is 349 g/mol. The van der Waals surface area contributed by atoms with Gasteiger partial charge in [0.25, 0.3) is 0 Å². The Hall–Kier alpha value is -0.252. The average molecular weight is 383 g/mol. The van der Waals surface area contributed by atoms with Gasteiger partial charge in [0.1, 0.15) is 0 Å². The summed E-state index contributed by atoms with van der Waals surface area (Å²) in [4.78, 5) is 0. The minimum absolute atomic E-state index is 1.21. The van der Waals surface area contributed by atoms with Crippen molar-refractivity contribution in [3.8, 4) is 0 Å². The molecule has 0 N–H and O–H groups in total. The van der Waals surface area contributed by atoms with Gasteiger partial charge in [-0.2, -0.15) is 0 Å². The Morgan fingerprint density at radius 1 is 0.739 bits per heavy atom. The Balaban J connectivity index is 3.10. The van der Waals surface area contributed by atoms with Crippen molar-refractivity contribution in [1.29, 1.82) is 0 Å². The highest BCUT2D eigenvalue weighted by Crippen LogP contribution is 2.28. The molecule has 0 bridgehead atoms. The van der Waals surface area contributed by atoms with Crippen LogP contribution in [0.4, 0.5) is 0 Å². The van der Waals surface area contributed by atoms with Crippen LogP contribution in [0.15, 0.2) is 36.0 Å². The first-order valence-corrected chi connectivity index (χ1v) is 21.6. The van der Waals surface area contributed by atoms with Crippen molar-refractivity contribution in [3.63, 3.8) is 0 Å². The zero-order chi connectivity index (χ0) is 17.9. The third kappa shape index (κ3) is 7.02. The zero-order valence-corrected chi connectivity index (χ0v) is 20.4. The van der Waals surface area contributed by atoms with Gasteiger partial charge >= 0.3 is 8.56 Å². The van der Waals surface area contributed by atoms with E-state index in [0.29, 0.717) is 0 Å². The topological polar surface area (TPSA) is 18.5 Å². The lowest BCUT2D eigenvalue weighted by atomic mass is 10.2. The molecule has 1 unspecified atom stereocenters. The van der Waals surface area contributed by atoms with E-state index in [0.717, 1.165) is 0 Å². The fraction of sp³-hybridized carbons (Fsp3) is 0.529. The monoisotopic (exact) mass is 382 g/mol. The van der Waals surface area contributed by atoms with Crippen molar-refractivity contribution in [1.82, 2.24) is 0 Å². The highest BCUT2D eigenvalue weighted by atomic mass is 29.3. The van der Waals surface area contributed by atoms with E-state index < -0.39 is 32.3 Å². The lowest BCUT2D eigenvalue weighted by Gasteiger charge is -2.43. The molecule has 6 heteroatoms. The average Bonchev–Trinajstić information content (AvgIpc) is 2.33. The second-order valence-electron chi connectivity index (χ2n) is 8.84. The summed E-state index contributed by atoms with van der Waals surface area (Å²) in [5.41, 5.74) is 3.46. The summed E-state index contributed by atoms with van der Waals surface area (Å²) >= 11 is 0. The van der Waals surface area contributed by atoms with Crippen LogP contribution in [0.2, 0.25) is 58.9 Å². The van der Waals surface area contributed by atoms with Crippen LogP contribution < -0.4 is 0 Å². The molecule has 1 rings (SSSR count). The predicted molar refractivity (Wildman–Crippen MR) is 113 cm³/mol. The van der Waals surface area contributed by atoms with Gasteiger partial charge in [-0.05, 0) is 50.5 Å². The third-order valence-electron chi connectivity index (χ3n) is 4.15. The number of benzene rings is 1. The minimum atomic E-state index is -2.34. The summed E-state index contributed by atoms with van der Waals surface area (Å²) in [6.45, 7) is 21.0. The smallest absolute Gasteiger partial charge is 0.341 e. The van der Waals surface area contributed by atoms with Crippen molar-refractivity contribution < 1.29 is 8.23 Å². The molecule has 0 radical (unpaired) electrons. The van der Waals surface area contributed by atoms with Crippen molar-refractivity contribution in [2.75, 3.05) is 0 Å². The van der Waals surface area contributed by atoms with Gasteiger partial charge in [0.15, 0.2) is 16.2 Å². The van der Waals surface area contributed by atoms with E-state index in [4.69, 9.17) is 8.23 Å². The van der Waals surface area contributed by atoms with Gasteiger partial charge in [-0.15, -0.1) is 0 Å². The molecule has 0 saturated heterocycles. The van der Waals surface area contributed by atoms with E-state index in [9.17, 15) is 0 Å². The number of hydrogen-bond acceptors (Lipinski definition) is 2. The minimum Gasteiger partial charge on any atom is -0.436 e. The van der Waals surface area contributed by atoms with E-state index in [2.05, 4.69) is 95.0 Å². The van der Waals surface area contributed by atoms with Crippen LogP contribution in [0.5, 0.6) is 0 Å². The lowest BCUT2D eigenvalue weighted by Crippen LogP contribution is -2.62. The summed E-state index contributed by atoms with van der Waals surface area (Å²) in [7, 11) is -7.06. The lowest BCUT2D eigenvalue weighted by molar-refractivity contribution is 0.407. The Morgan fingerprint density at radius 3 is 1.70 bits per heavy atom. The van der Waals surface area contributed by atoms with Gasteiger partial charge in [0, 0.05) is 0 Å². The summed E-state index contributed by atoms with van der Waals surface area (Å²) in [5.74, 6) is 0. The standard InChI is InChI=1S/C17H34O2Si4/c1-20(2,3)18-23(9,19-22(7,8)21(4,5)6)16-15-17-13-11-10-12-14-17/h10-16H,1-9H3. The summed E-state index contributed by atoms with van der Waals surface area (Å²) in [6.07, 6.45) is 2.18. The highest BCUT2D eigenvalue weighted by Gasteiger charge is 2.46. The summed E-state index contributed by atoms with van der Waals surface area (Å²) < 4.78 is 13.5. The molecule has 0 spiro atoms. The fourth-order valence-electron chi connectivity index (χ4n) is 2.17. The van der Waals surface area contributed by atoms with E-state index in [1.165, 1.54) is 5.56 Å². The molecule has 0 aliphatic heterocycles. The second kappa shape index (κ2) is 7.33. The molecule has 1 atom stereocenters. The second-order valence-corrected chi connectivity index (χ2v) is 32.7. The molecular formula is C17H34O2Si4. The van der Waals surface area contributed by atoms with E-state index in [1.807, 2.05) is 6.07 Å². The van der Waals surface area contributed by atoms with Gasteiger partial charge in [0.05, 0.1) is 7.59 Å². The van der Waals surface area contributed by atoms with E-state index in [1.54, 1.807) is 0 Å². The highest BCUT2D eigenvalue weighted by molar-refractivity contribution is 7.39. The molecule has 0 aromatic heterocycles. The normalized spacial score (nSPS) is 16.6. The molecule has 2 nitrogen and oxygen atoms in total. The quantitative estimate of drug-likeness (QED) is 0.555. The van der Waals surface area contributed by atoms with Crippen LogP contribution in [0.25, 0.3) is 6.08 Å². The van der Waals surface area contributed by atoms with Crippen molar-refractivity contribution in [2.24, 2.45) is 0 Å². The van der Waals surface area contributed by atoms with Gasteiger partial charge in [-0.25, -0.2) is 0 Å². The molecule has 0 aliphatic rings. The van der Waals surface area contributed by atoms with Crippen LogP contribution in [0, 0.1) is 0 Å². The largest absolute Gasteiger partial charge is 0.436 e. The van der Waals surface area contributed by atoms with Gasteiger partial charge in [0.2, 0.25) is 0 Å². The molecule has 0 amide bonds. The molecule has 0 aliphatic carbocycles. The first-order chi connectivity index (χ1) is 10.2.